The zero-order valence-corrected chi connectivity index (χ0v) is 20.0. The monoisotopic (exact) mass is 491 g/mol. The summed E-state index contributed by atoms with van der Waals surface area (Å²) >= 11 is 6.32. The van der Waals surface area contributed by atoms with Gasteiger partial charge in [0.1, 0.15) is 17.6 Å². The van der Waals surface area contributed by atoms with Crippen LogP contribution in [-0.2, 0) is 14.4 Å². The van der Waals surface area contributed by atoms with Crippen molar-refractivity contribution < 1.29 is 24.2 Å². The highest BCUT2D eigenvalue weighted by Gasteiger charge is 2.48. The van der Waals surface area contributed by atoms with E-state index < -0.39 is 23.5 Å². The second kappa shape index (κ2) is 9.60. The largest absolute Gasteiger partial charge is 0.507 e. The van der Waals surface area contributed by atoms with Crippen molar-refractivity contribution in [2.75, 3.05) is 17.3 Å². The third-order valence-electron chi connectivity index (χ3n) is 5.53. The fourth-order valence-corrected chi connectivity index (χ4v) is 4.43. The molecule has 1 unspecified atom stereocenters. The Kier molecular flexibility index (Phi) is 6.57. The second-order valence-electron chi connectivity index (χ2n) is 7.98. The van der Waals surface area contributed by atoms with Crippen molar-refractivity contribution in [3.8, 4) is 5.75 Å². The molecule has 2 amide bonds. The molecular weight excluding hydrogens is 470 g/mol. The van der Waals surface area contributed by atoms with Gasteiger partial charge in [0, 0.05) is 24.5 Å². The summed E-state index contributed by atoms with van der Waals surface area (Å²) in [7, 11) is 1.40. The molecule has 1 saturated heterocycles. The SMILES string of the molecule is COc1c(Cl)cc(C)cc1/C(O)=C1\C(=O)C(=O)N(c2ccc(NC(C)=O)cc2)C1c1ccccn1. The van der Waals surface area contributed by atoms with Gasteiger partial charge in [-0.2, -0.15) is 0 Å². The number of halogens is 1. The van der Waals surface area contributed by atoms with Crippen LogP contribution in [0.3, 0.4) is 0 Å². The van der Waals surface area contributed by atoms with Gasteiger partial charge in [-0.25, -0.2) is 0 Å². The Bertz CT molecular complexity index is 1350. The van der Waals surface area contributed by atoms with Gasteiger partial charge in [0.25, 0.3) is 11.7 Å². The minimum Gasteiger partial charge on any atom is -0.507 e. The van der Waals surface area contributed by atoms with Gasteiger partial charge in [0.15, 0.2) is 0 Å². The van der Waals surface area contributed by atoms with Crippen LogP contribution in [0.2, 0.25) is 5.02 Å². The summed E-state index contributed by atoms with van der Waals surface area (Å²) in [6.45, 7) is 3.17. The molecular formula is C26H22ClN3O5. The van der Waals surface area contributed by atoms with E-state index in [0.29, 0.717) is 17.1 Å². The summed E-state index contributed by atoms with van der Waals surface area (Å²) in [6, 6.07) is 13.9. The van der Waals surface area contributed by atoms with Gasteiger partial charge < -0.3 is 15.2 Å². The van der Waals surface area contributed by atoms with Crippen LogP contribution < -0.4 is 15.0 Å². The molecule has 178 valence electrons. The van der Waals surface area contributed by atoms with E-state index in [0.717, 1.165) is 5.56 Å². The van der Waals surface area contributed by atoms with Gasteiger partial charge in [-0.1, -0.05) is 17.7 Å². The number of Topliss-reactive ketones (excluding diaryl/α,β-unsaturated/α-hetero) is 1. The van der Waals surface area contributed by atoms with Crippen LogP contribution in [-0.4, -0.2) is 34.8 Å². The van der Waals surface area contributed by atoms with Gasteiger partial charge in [0.2, 0.25) is 5.91 Å². The van der Waals surface area contributed by atoms with Crippen LogP contribution in [0.5, 0.6) is 5.75 Å². The molecule has 1 aromatic heterocycles. The Labute approximate surface area is 206 Å². The summed E-state index contributed by atoms with van der Waals surface area (Å²) in [5.74, 6) is -2.17. The average Bonchev–Trinajstić information content (AvgIpc) is 3.09. The number of carbonyl (C=O) groups excluding carboxylic acids is 3. The van der Waals surface area contributed by atoms with Gasteiger partial charge in [-0.15, -0.1) is 0 Å². The molecule has 4 rings (SSSR count). The lowest BCUT2D eigenvalue weighted by Crippen LogP contribution is -2.29. The maximum absolute atomic E-state index is 13.3. The van der Waals surface area contributed by atoms with E-state index in [1.165, 1.54) is 18.9 Å². The van der Waals surface area contributed by atoms with Crippen molar-refractivity contribution in [1.82, 2.24) is 4.98 Å². The van der Waals surface area contributed by atoms with Crippen molar-refractivity contribution in [1.29, 1.82) is 0 Å². The molecule has 1 aliphatic rings. The molecule has 1 aliphatic heterocycles. The average molecular weight is 492 g/mol. The first-order valence-corrected chi connectivity index (χ1v) is 11.0. The van der Waals surface area contributed by atoms with E-state index >= 15 is 0 Å². The van der Waals surface area contributed by atoms with Crippen molar-refractivity contribution in [3.05, 3.63) is 88.2 Å². The Hall–Kier alpha value is -4.17. The number of rotatable bonds is 5. The summed E-state index contributed by atoms with van der Waals surface area (Å²) in [5.41, 5.74) is 2.10. The quantitative estimate of drug-likeness (QED) is 0.306. The Balaban J connectivity index is 1.92. The van der Waals surface area contributed by atoms with Gasteiger partial charge in [-0.3, -0.25) is 24.3 Å². The maximum atomic E-state index is 13.3. The molecule has 1 fully saturated rings. The van der Waals surface area contributed by atoms with E-state index in [-0.39, 0.29) is 27.8 Å². The maximum Gasteiger partial charge on any atom is 0.300 e. The lowest BCUT2D eigenvalue weighted by Gasteiger charge is -2.25. The molecule has 1 atom stereocenters. The molecule has 3 aromatic rings. The highest BCUT2D eigenvalue weighted by atomic mass is 35.5. The summed E-state index contributed by atoms with van der Waals surface area (Å²) in [5, 5.41) is 14.3. The number of benzene rings is 2. The third-order valence-corrected chi connectivity index (χ3v) is 5.81. The molecule has 2 N–H and O–H groups in total. The predicted octanol–water partition coefficient (Wildman–Crippen LogP) is 4.64. The molecule has 0 bridgehead atoms. The van der Waals surface area contributed by atoms with Crippen LogP contribution in [0, 0.1) is 6.92 Å². The smallest absolute Gasteiger partial charge is 0.300 e. The number of aliphatic hydroxyl groups is 1. The first-order chi connectivity index (χ1) is 16.7. The molecule has 0 aliphatic carbocycles. The number of aryl methyl sites for hydroxylation is 1. The number of methoxy groups -OCH3 is 1. The molecule has 0 radical (unpaired) electrons. The number of ether oxygens (including phenoxy) is 1. The minimum absolute atomic E-state index is 0.139. The fraction of sp³-hybridized carbons (Fsp3) is 0.154. The third kappa shape index (κ3) is 4.48. The Morgan fingerprint density at radius 2 is 1.86 bits per heavy atom. The fourth-order valence-electron chi connectivity index (χ4n) is 4.08. The van der Waals surface area contributed by atoms with E-state index in [9.17, 15) is 19.5 Å². The first kappa shape index (κ1) is 24.0. The van der Waals surface area contributed by atoms with Crippen LogP contribution in [0.25, 0.3) is 5.76 Å². The minimum atomic E-state index is -1.01. The van der Waals surface area contributed by atoms with Crippen LogP contribution in [0.1, 0.15) is 29.8 Å². The molecule has 0 spiro atoms. The molecule has 2 aromatic carbocycles. The lowest BCUT2D eigenvalue weighted by atomic mass is 9.97. The highest BCUT2D eigenvalue weighted by molar-refractivity contribution is 6.51. The summed E-state index contributed by atoms with van der Waals surface area (Å²) in [6.07, 6.45) is 1.54. The van der Waals surface area contributed by atoms with Crippen LogP contribution >= 0.6 is 11.6 Å². The molecule has 2 heterocycles. The highest BCUT2D eigenvalue weighted by Crippen LogP contribution is 2.44. The van der Waals surface area contributed by atoms with Crippen molar-refractivity contribution in [2.45, 2.75) is 19.9 Å². The number of nitrogens with one attached hydrogen (secondary N) is 1. The molecule has 0 saturated carbocycles. The van der Waals surface area contributed by atoms with E-state index in [1.807, 2.05) is 0 Å². The first-order valence-electron chi connectivity index (χ1n) is 10.7. The van der Waals surface area contributed by atoms with E-state index in [4.69, 9.17) is 16.3 Å². The van der Waals surface area contributed by atoms with E-state index in [1.54, 1.807) is 67.7 Å². The van der Waals surface area contributed by atoms with Crippen molar-refractivity contribution >= 4 is 46.3 Å². The number of carbonyl (C=O) groups is 3. The van der Waals surface area contributed by atoms with Crippen LogP contribution in [0.4, 0.5) is 11.4 Å². The normalized spacial score (nSPS) is 16.9. The number of anilines is 2. The second-order valence-corrected chi connectivity index (χ2v) is 8.39. The molecule has 8 nitrogen and oxygen atoms in total. The Morgan fingerprint density at radius 3 is 2.46 bits per heavy atom. The Morgan fingerprint density at radius 1 is 1.14 bits per heavy atom. The molecule has 35 heavy (non-hydrogen) atoms. The van der Waals surface area contributed by atoms with Crippen molar-refractivity contribution in [2.24, 2.45) is 0 Å². The topological polar surface area (TPSA) is 109 Å². The van der Waals surface area contributed by atoms with Gasteiger partial charge >= 0.3 is 0 Å². The number of hydrogen-bond acceptors (Lipinski definition) is 6. The van der Waals surface area contributed by atoms with E-state index in [2.05, 4.69) is 10.3 Å². The van der Waals surface area contributed by atoms with Gasteiger partial charge in [0.05, 0.1) is 29.0 Å². The lowest BCUT2D eigenvalue weighted by molar-refractivity contribution is -0.132. The standard InChI is InChI=1S/C26H22ClN3O5/c1-14-12-18(25(35-3)19(27)13-14)23(32)21-22(20-6-4-5-11-28-20)30(26(34)24(21)33)17-9-7-16(8-10-17)29-15(2)31/h4-13,22,32H,1-3H3,(H,29,31)/b23-21+. The number of ketones is 1. The molecule has 9 heteroatoms. The number of aliphatic hydroxyl groups excluding tert-OH is 1. The van der Waals surface area contributed by atoms with Crippen molar-refractivity contribution in [3.63, 3.8) is 0 Å². The number of aromatic nitrogens is 1. The zero-order chi connectivity index (χ0) is 25.3. The zero-order valence-electron chi connectivity index (χ0n) is 19.2. The number of amides is 2. The predicted molar refractivity (Wildman–Crippen MR) is 133 cm³/mol. The van der Waals surface area contributed by atoms with Crippen LogP contribution in [0.15, 0.2) is 66.4 Å². The number of nitrogens with zero attached hydrogens (tertiary/aromatic N) is 2. The number of hydrogen-bond donors (Lipinski definition) is 2. The summed E-state index contributed by atoms with van der Waals surface area (Å²) < 4.78 is 5.39. The summed E-state index contributed by atoms with van der Waals surface area (Å²) in [4.78, 5) is 43.6. The number of pyridine rings is 1. The van der Waals surface area contributed by atoms with Gasteiger partial charge in [-0.05, 0) is 61.0 Å².